The van der Waals surface area contributed by atoms with E-state index in [0.717, 1.165) is 17.2 Å². The quantitative estimate of drug-likeness (QED) is 0.433. The van der Waals surface area contributed by atoms with Gasteiger partial charge in [0.1, 0.15) is 0 Å². The van der Waals surface area contributed by atoms with Crippen molar-refractivity contribution in [3.8, 4) is 0 Å². The minimum absolute atomic E-state index is 0.339. The topological polar surface area (TPSA) is 152 Å². The van der Waals surface area contributed by atoms with Crippen LogP contribution in [0.15, 0.2) is 61.2 Å². The molecule has 5 N–H and O–H groups in total. The van der Waals surface area contributed by atoms with Crippen LogP contribution in [0.2, 0.25) is 0 Å². The molecular weight excluding hydrogens is 416 g/mol. The molecule has 0 aliphatic heterocycles. The maximum absolute atomic E-state index is 10.3. The lowest BCUT2D eigenvalue weighted by molar-refractivity contribution is -0.131. The molecule has 176 valence electrons. The lowest BCUT2D eigenvalue weighted by Crippen LogP contribution is -2.10. The maximum atomic E-state index is 10.3. The SMILES string of the molecule is C=CC(=O)O.CC(O)CC(C)O.Cc1ccc(C(=O)O)cc1.Cc1ccc(C(=O)O)cc1. The summed E-state index contributed by atoms with van der Waals surface area (Å²) in [6.07, 6.45) is 0.556. The molecule has 2 aromatic rings. The average molecular weight is 449 g/mol. The molecular formula is C24H32O8. The van der Waals surface area contributed by atoms with Gasteiger partial charge in [0.2, 0.25) is 0 Å². The number of carboxylic acid groups (broad SMARTS) is 3. The lowest BCUT2D eigenvalue weighted by atomic mass is 10.2. The summed E-state index contributed by atoms with van der Waals surface area (Å²) in [5, 5.41) is 41.7. The minimum atomic E-state index is -0.981. The number of rotatable bonds is 5. The number of aryl methyl sites for hydroxylation is 2. The first-order valence-corrected chi connectivity index (χ1v) is 9.61. The number of aromatic carboxylic acids is 2. The summed E-state index contributed by atoms with van der Waals surface area (Å²) in [6.45, 7) is 10.1. The van der Waals surface area contributed by atoms with Gasteiger partial charge in [-0.15, -0.1) is 0 Å². The van der Waals surface area contributed by atoms with E-state index in [1.54, 1.807) is 62.4 Å². The molecule has 0 heterocycles. The third-order valence-electron chi connectivity index (χ3n) is 3.45. The molecule has 0 spiro atoms. The van der Waals surface area contributed by atoms with E-state index in [1.165, 1.54) is 0 Å². The molecule has 0 aliphatic carbocycles. The van der Waals surface area contributed by atoms with E-state index in [4.69, 9.17) is 25.5 Å². The van der Waals surface area contributed by atoms with Crippen molar-refractivity contribution >= 4 is 17.9 Å². The number of aliphatic hydroxyl groups is 2. The fourth-order valence-corrected chi connectivity index (χ4v) is 1.89. The highest BCUT2D eigenvalue weighted by atomic mass is 16.4. The highest BCUT2D eigenvalue weighted by Gasteiger charge is 2.00. The number of hydrogen-bond donors (Lipinski definition) is 5. The molecule has 0 fully saturated rings. The van der Waals surface area contributed by atoms with Gasteiger partial charge in [-0.05, 0) is 58.4 Å². The Kier molecular flexibility index (Phi) is 16.5. The first-order valence-electron chi connectivity index (χ1n) is 9.61. The number of aliphatic carboxylic acids is 1. The minimum Gasteiger partial charge on any atom is -0.478 e. The Labute approximate surface area is 188 Å². The summed E-state index contributed by atoms with van der Waals surface area (Å²) < 4.78 is 0. The fraction of sp³-hybridized carbons (Fsp3) is 0.292. The smallest absolute Gasteiger partial charge is 0.335 e. The molecule has 2 atom stereocenters. The Balaban J connectivity index is 0. The van der Waals surface area contributed by atoms with Gasteiger partial charge in [0.15, 0.2) is 0 Å². The summed E-state index contributed by atoms with van der Waals surface area (Å²) in [5.74, 6) is -2.73. The molecule has 2 aromatic carbocycles. The van der Waals surface area contributed by atoms with Crippen molar-refractivity contribution in [2.24, 2.45) is 0 Å². The Morgan fingerprint density at radius 1 is 0.750 bits per heavy atom. The van der Waals surface area contributed by atoms with Crippen molar-refractivity contribution in [3.05, 3.63) is 83.4 Å². The van der Waals surface area contributed by atoms with Crippen molar-refractivity contribution in [1.82, 2.24) is 0 Å². The zero-order valence-corrected chi connectivity index (χ0v) is 18.7. The van der Waals surface area contributed by atoms with E-state index in [-0.39, 0.29) is 12.2 Å². The number of carbonyl (C=O) groups is 3. The first kappa shape index (κ1) is 30.7. The number of benzene rings is 2. The van der Waals surface area contributed by atoms with E-state index in [9.17, 15) is 14.4 Å². The molecule has 0 aromatic heterocycles. The predicted molar refractivity (Wildman–Crippen MR) is 122 cm³/mol. The zero-order valence-electron chi connectivity index (χ0n) is 18.7. The van der Waals surface area contributed by atoms with Gasteiger partial charge < -0.3 is 25.5 Å². The van der Waals surface area contributed by atoms with Crippen LogP contribution in [0.25, 0.3) is 0 Å². The van der Waals surface area contributed by atoms with Gasteiger partial charge in [0, 0.05) is 6.08 Å². The zero-order chi connectivity index (χ0) is 25.3. The second kappa shape index (κ2) is 17.2. The number of carboxylic acids is 3. The summed E-state index contributed by atoms with van der Waals surface area (Å²) in [6, 6.07) is 13.5. The molecule has 0 radical (unpaired) electrons. The van der Waals surface area contributed by atoms with Crippen molar-refractivity contribution in [2.45, 2.75) is 46.3 Å². The summed E-state index contributed by atoms with van der Waals surface area (Å²) in [4.78, 5) is 29.9. The van der Waals surface area contributed by atoms with E-state index in [0.29, 0.717) is 17.5 Å². The summed E-state index contributed by atoms with van der Waals surface area (Å²) >= 11 is 0. The van der Waals surface area contributed by atoms with Crippen LogP contribution in [0.4, 0.5) is 0 Å². The monoisotopic (exact) mass is 448 g/mol. The molecule has 2 unspecified atom stereocenters. The maximum Gasteiger partial charge on any atom is 0.335 e. The van der Waals surface area contributed by atoms with E-state index >= 15 is 0 Å². The van der Waals surface area contributed by atoms with Crippen LogP contribution < -0.4 is 0 Å². The second-order valence-electron chi connectivity index (χ2n) is 6.82. The first-order chi connectivity index (χ1) is 14.8. The second-order valence-corrected chi connectivity index (χ2v) is 6.82. The van der Waals surface area contributed by atoms with E-state index in [2.05, 4.69) is 6.58 Å². The van der Waals surface area contributed by atoms with Gasteiger partial charge in [-0.2, -0.15) is 0 Å². The molecule has 0 aliphatic rings. The van der Waals surface area contributed by atoms with Gasteiger partial charge in [-0.25, -0.2) is 14.4 Å². The van der Waals surface area contributed by atoms with Gasteiger partial charge in [0.25, 0.3) is 0 Å². The Morgan fingerprint density at radius 2 is 1.00 bits per heavy atom. The summed E-state index contributed by atoms with van der Waals surface area (Å²) in [7, 11) is 0. The van der Waals surface area contributed by atoms with Gasteiger partial charge in [-0.3, -0.25) is 0 Å². The summed E-state index contributed by atoms with van der Waals surface area (Å²) in [5.41, 5.74) is 2.83. The standard InChI is InChI=1S/2C8H8O2.C5H12O2.C3H4O2/c2*1-6-2-4-7(5-3-6)8(9)10;1-4(6)3-5(2)7;1-2-3(4)5/h2*2-5H,1H3,(H,9,10);4-7H,3H2,1-2H3;2H,1H2,(H,4,5). The molecule has 0 saturated heterocycles. The van der Waals surface area contributed by atoms with Crippen LogP contribution in [0.3, 0.4) is 0 Å². The lowest BCUT2D eigenvalue weighted by Gasteiger charge is -2.04. The van der Waals surface area contributed by atoms with Crippen molar-refractivity contribution in [2.75, 3.05) is 0 Å². The molecule has 0 saturated carbocycles. The van der Waals surface area contributed by atoms with Gasteiger partial charge in [-0.1, -0.05) is 42.0 Å². The van der Waals surface area contributed by atoms with Crippen LogP contribution in [-0.2, 0) is 4.79 Å². The molecule has 0 amide bonds. The molecule has 8 nitrogen and oxygen atoms in total. The Morgan fingerprint density at radius 3 is 1.12 bits per heavy atom. The van der Waals surface area contributed by atoms with Gasteiger partial charge >= 0.3 is 17.9 Å². The van der Waals surface area contributed by atoms with Crippen LogP contribution in [0.5, 0.6) is 0 Å². The highest BCUT2D eigenvalue weighted by molar-refractivity contribution is 5.87. The van der Waals surface area contributed by atoms with Crippen LogP contribution >= 0.6 is 0 Å². The van der Waals surface area contributed by atoms with Crippen LogP contribution in [0, 0.1) is 13.8 Å². The molecule has 32 heavy (non-hydrogen) atoms. The van der Waals surface area contributed by atoms with Crippen LogP contribution in [0.1, 0.15) is 52.1 Å². The third kappa shape index (κ3) is 18.5. The average Bonchev–Trinajstić information content (AvgIpc) is 2.69. The number of aliphatic hydroxyl groups excluding tert-OH is 2. The normalized spacial score (nSPS) is 10.9. The molecule has 2 rings (SSSR count). The largest absolute Gasteiger partial charge is 0.478 e. The van der Waals surface area contributed by atoms with E-state index in [1.807, 2.05) is 13.8 Å². The predicted octanol–water partition coefficient (Wildman–Crippen LogP) is 3.78. The highest BCUT2D eigenvalue weighted by Crippen LogP contribution is 2.02. The Bertz CT molecular complexity index is 761. The van der Waals surface area contributed by atoms with Gasteiger partial charge in [0.05, 0.1) is 23.3 Å². The van der Waals surface area contributed by atoms with Crippen LogP contribution in [-0.4, -0.2) is 55.6 Å². The van der Waals surface area contributed by atoms with Crippen molar-refractivity contribution in [1.29, 1.82) is 0 Å². The number of hydrogen-bond acceptors (Lipinski definition) is 5. The third-order valence-corrected chi connectivity index (χ3v) is 3.45. The molecule has 8 heteroatoms. The van der Waals surface area contributed by atoms with Crippen molar-refractivity contribution in [3.63, 3.8) is 0 Å². The fourth-order valence-electron chi connectivity index (χ4n) is 1.89. The molecule has 0 bridgehead atoms. The van der Waals surface area contributed by atoms with E-state index < -0.39 is 17.9 Å². The van der Waals surface area contributed by atoms with Crippen molar-refractivity contribution < 1.29 is 39.9 Å². The Hall–Kier alpha value is -3.49.